The molecule has 0 aliphatic carbocycles. The Hall–Kier alpha value is -3.10. The number of carbonyl (C=O) groups excluding carboxylic acids is 1. The van der Waals surface area contributed by atoms with Gasteiger partial charge in [0, 0.05) is 29.1 Å². The summed E-state index contributed by atoms with van der Waals surface area (Å²) < 4.78 is 25.1. The zero-order chi connectivity index (χ0) is 22.4. The first-order valence-electron chi connectivity index (χ1n) is 9.94. The van der Waals surface area contributed by atoms with Crippen LogP contribution >= 0.6 is 0 Å². The van der Waals surface area contributed by atoms with Gasteiger partial charge >= 0.3 is 0 Å². The number of hydrogen-bond donors (Lipinski definition) is 2. The van der Waals surface area contributed by atoms with Crippen molar-refractivity contribution < 1.29 is 23.8 Å². The average Bonchev–Trinajstić information content (AvgIpc) is 3.06. The predicted molar refractivity (Wildman–Crippen MR) is 113 cm³/mol. The number of Topliss-reactive ketones (excluding diaryl/α,β-unsaturated/α-hetero) is 1. The fourth-order valence-electron chi connectivity index (χ4n) is 3.74. The van der Waals surface area contributed by atoms with E-state index in [-0.39, 0.29) is 36.7 Å². The van der Waals surface area contributed by atoms with E-state index < -0.39 is 17.1 Å². The number of pyridine rings is 2. The number of ketones is 1. The molecule has 3 heterocycles. The first-order chi connectivity index (χ1) is 14.6. The van der Waals surface area contributed by atoms with Crippen molar-refractivity contribution in [2.75, 3.05) is 13.7 Å². The Labute approximate surface area is 179 Å². The standard InChI is InChI=1S/C23H24FN3O4/c1-22(25)12-31-20-15(22)11-18(27-21(20)24)23(2,29)7-6-16(28)14-9-13-5-4-8-26-19(13)17(10-14)30-3/h4-5,8-11,29H,6-7,12,25H2,1-3H3. The second-order valence-electron chi connectivity index (χ2n) is 8.33. The van der Waals surface area contributed by atoms with Gasteiger partial charge in [-0.05, 0) is 44.5 Å². The molecule has 3 aromatic rings. The number of halogens is 1. The van der Waals surface area contributed by atoms with Crippen LogP contribution < -0.4 is 15.2 Å². The van der Waals surface area contributed by atoms with Gasteiger partial charge in [-0.3, -0.25) is 9.78 Å². The molecule has 3 N–H and O–H groups in total. The van der Waals surface area contributed by atoms with Gasteiger partial charge < -0.3 is 20.3 Å². The van der Waals surface area contributed by atoms with Crippen LogP contribution in [0.2, 0.25) is 0 Å². The third-order valence-corrected chi connectivity index (χ3v) is 5.67. The number of rotatable bonds is 6. The van der Waals surface area contributed by atoms with Crippen molar-refractivity contribution >= 4 is 16.7 Å². The molecule has 2 atom stereocenters. The van der Waals surface area contributed by atoms with Crippen molar-refractivity contribution in [3.05, 3.63) is 59.3 Å². The molecule has 2 aromatic heterocycles. The number of ether oxygens (including phenoxy) is 2. The van der Waals surface area contributed by atoms with Gasteiger partial charge in [-0.2, -0.15) is 4.39 Å². The normalized spacial score (nSPS) is 19.5. The molecule has 1 aromatic carbocycles. The van der Waals surface area contributed by atoms with E-state index in [9.17, 15) is 14.3 Å². The van der Waals surface area contributed by atoms with Crippen LogP contribution in [0.15, 0.2) is 36.5 Å². The van der Waals surface area contributed by atoms with Crippen LogP contribution in [0.5, 0.6) is 11.5 Å². The summed E-state index contributed by atoms with van der Waals surface area (Å²) in [6.07, 6.45) is 1.73. The molecule has 1 aliphatic rings. The minimum Gasteiger partial charge on any atom is -0.494 e. The highest BCUT2D eigenvalue weighted by molar-refractivity contribution is 6.01. The van der Waals surface area contributed by atoms with Crippen molar-refractivity contribution in [2.45, 2.75) is 37.8 Å². The summed E-state index contributed by atoms with van der Waals surface area (Å²) in [6, 6.07) is 8.56. The smallest absolute Gasteiger partial charge is 0.255 e. The van der Waals surface area contributed by atoms with Crippen molar-refractivity contribution in [1.82, 2.24) is 9.97 Å². The number of hydrogen-bond acceptors (Lipinski definition) is 7. The second-order valence-corrected chi connectivity index (χ2v) is 8.33. The molecule has 31 heavy (non-hydrogen) atoms. The average molecular weight is 425 g/mol. The van der Waals surface area contributed by atoms with Crippen molar-refractivity contribution in [3.63, 3.8) is 0 Å². The van der Waals surface area contributed by atoms with E-state index in [1.807, 2.05) is 6.07 Å². The maximum Gasteiger partial charge on any atom is 0.255 e. The minimum absolute atomic E-state index is 0.0116. The fourth-order valence-corrected chi connectivity index (χ4v) is 3.74. The number of aromatic nitrogens is 2. The highest BCUT2D eigenvalue weighted by Gasteiger charge is 2.38. The summed E-state index contributed by atoms with van der Waals surface area (Å²) in [5.74, 6) is -0.492. The van der Waals surface area contributed by atoms with E-state index in [2.05, 4.69) is 9.97 Å². The SMILES string of the molecule is COc1cc(C(=O)CCC(C)(O)c2cc3c(c(F)n2)OCC3(C)N)cc2cccnc12. The quantitative estimate of drug-likeness (QED) is 0.461. The van der Waals surface area contributed by atoms with E-state index in [4.69, 9.17) is 15.2 Å². The van der Waals surface area contributed by atoms with Crippen LogP contribution in [0, 0.1) is 5.95 Å². The van der Waals surface area contributed by atoms with Crippen molar-refractivity contribution in [1.29, 1.82) is 0 Å². The van der Waals surface area contributed by atoms with Crippen LogP contribution in [0.4, 0.5) is 4.39 Å². The summed E-state index contributed by atoms with van der Waals surface area (Å²) in [7, 11) is 1.52. The summed E-state index contributed by atoms with van der Waals surface area (Å²) in [5.41, 5.74) is 5.43. The molecule has 8 heteroatoms. The molecular formula is C23H24FN3O4. The van der Waals surface area contributed by atoms with Crippen LogP contribution in [0.25, 0.3) is 10.9 Å². The summed E-state index contributed by atoms with van der Waals surface area (Å²) >= 11 is 0. The molecule has 0 radical (unpaired) electrons. The Morgan fingerprint density at radius 2 is 2.19 bits per heavy atom. The molecule has 0 saturated heterocycles. The zero-order valence-electron chi connectivity index (χ0n) is 17.6. The van der Waals surface area contributed by atoms with E-state index in [1.54, 1.807) is 37.4 Å². The maximum absolute atomic E-state index is 14.4. The Kier molecular flexibility index (Phi) is 5.15. The van der Waals surface area contributed by atoms with E-state index in [1.165, 1.54) is 14.0 Å². The van der Waals surface area contributed by atoms with Gasteiger partial charge in [0.25, 0.3) is 5.95 Å². The van der Waals surface area contributed by atoms with Gasteiger partial charge in [0.15, 0.2) is 11.5 Å². The molecule has 2 unspecified atom stereocenters. The molecule has 0 saturated carbocycles. The van der Waals surface area contributed by atoms with E-state index in [0.717, 1.165) is 5.39 Å². The molecular weight excluding hydrogens is 401 g/mol. The lowest BCUT2D eigenvalue weighted by atomic mass is 9.89. The van der Waals surface area contributed by atoms with Crippen LogP contribution in [-0.2, 0) is 11.1 Å². The number of methoxy groups -OCH3 is 1. The predicted octanol–water partition coefficient (Wildman–Crippen LogP) is 3.21. The molecule has 0 amide bonds. The molecule has 4 rings (SSSR count). The molecule has 0 fully saturated rings. The Morgan fingerprint density at radius 1 is 1.42 bits per heavy atom. The second kappa shape index (κ2) is 7.55. The van der Waals surface area contributed by atoms with Gasteiger partial charge in [0.05, 0.1) is 18.3 Å². The Morgan fingerprint density at radius 3 is 2.94 bits per heavy atom. The van der Waals surface area contributed by atoms with Crippen LogP contribution in [0.1, 0.15) is 48.3 Å². The van der Waals surface area contributed by atoms with Gasteiger partial charge in [0.2, 0.25) is 0 Å². The van der Waals surface area contributed by atoms with E-state index in [0.29, 0.717) is 22.4 Å². The molecule has 0 bridgehead atoms. The highest BCUT2D eigenvalue weighted by atomic mass is 19.1. The number of carbonyl (C=O) groups is 1. The van der Waals surface area contributed by atoms with Gasteiger partial charge in [0.1, 0.15) is 23.5 Å². The van der Waals surface area contributed by atoms with Gasteiger partial charge in [-0.25, -0.2) is 4.98 Å². The van der Waals surface area contributed by atoms with Gasteiger partial charge in [-0.1, -0.05) is 6.07 Å². The lowest BCUT2D eigenvalue weighted by molar-refractivity contribution is 0.0388. The molecule has 7 nitrogen and oxygen atoms in total. The fraction of sp³-hybridized carbons (Fsp3) is 0.348. The zero-order valence-corrected chi connectivity index (χ0v) is 17.6. The number of nitrogens with zero attached hydrogens (tertiary/aromatic N) is 2. The topological polar surface area (TPSA) is 108 Å². The number of fused-ring (bicyclic) bond motifs is 2. The number of benzene rings is 1. The lowest BCUT2D eigenvalue weighted by Crippen LogP contribution is -2.35. The molecule has 0 spiro atoms. The third kappa shape index (κ3) is 3.84. The molecule has 1 aliphatic heterocycles. The van der Waals surface area contributed by atoms with Crippen molar-refractivity contribution in [2.24, 2.45) is 5.73 Å². The monoisotopic (exact) mass is 425 g/mol. The van der Waals surface area contributed by atoms with E-state index >= 15 is 0 Å². The van der Waals surface area contributed by atoms with Crippen molar-refractivity contribution in [3.8, 4) is 11.5 Å². The molecule has 162 valence electrons. The largest absolute Gasteiger partial charge is 0.494 e. The highest BCUT2D eigenvalue weighted by Crippen LogP contribution is 2.39. The first-order valence-corrected chi connectivity index (χ1v) is 9.94. The minimum atomic E-state index is -1.54. The first kappa shape index (κ1) is 21.1. The Balaban J connectivity index is 1.57. The van der Waals surface area contributed by atoms with Gasteiger partial charge in [-0.15, -0.1) is 0 Å². The summed E-state index contributed by atoms with van der Waals surface area (Å²) in [6.45, 7) is 3.36. The van der Waals surface area contributed by atoms with Crippen LogP contribution in [-0.4, -0.2) is 34.6 Å². The lowest BCUT2D eigenvalue weighted by Gasteiger charge is -2.24. The summed E-state index contributed by atoms with van der Waals surface area (Å²) in [5, 5.41) is 11.8. The third-order valence-electron chi connectivity index (χ3n) is 5.67. The Bertz CT molecular complexity index is 1180. The van der Waals surface area contributed by atoms with Crippen LogP contribution in [0.3, 0.4) is 0 Å². The maximum atomic E-state index is 14.4. The number of nitrogens with two attached hydrogens (primary N) is 1. The summed E-state index contributed by atoms with van der Waals surface area (Å²) in [4.78, 5) is 21.0. The number of aliphatic hydroxyl groups is 1.